The number of rotatable bonds is 5. The number of fused-ring (bicyclic) bond motifs is 2. The summed E-state index contributed by atoms with van der Waals surface area (Å²) in [4.78, 5) is 5.07. The molecule has 2 saturated heterocycles. The highest BCUT2D eigenvalue weighted by molar-refractivity contribution is 5.64. The highest BCUT2D eigenvalue weighted by atomic mass is 19.1. The van der Waals surface area contributed by atoms with Crippen LogP contribution in [-0.2, 0) is 6.54 Å². The zero-order valence-electron chi connectivity index (χ0n) is 17.6. The van der Waals surface area contributed by atoms with E-state index >= 15 is 0 Å². The number of hydrogen-bond acceptors (Lipinski definition) is 3. The summed E-state index contributed by atoms with van der Waals surface area (Å²) >= 11 is 0. The zero-order chi connectivity index (χ0) is 21.4. The Balaban J connectivity index is 1.31. The lowest BCUT2D eigenvalue weighted by atomic mass is 10.0. The third-order valence-electron chi connectivity index (χ3n) is 6.61. The van der Waals surface area contributed by atoms with Crippen LogP contribution in [0.25, 0.3) is 11.1 Å². The molecular weight excluding hydrogens is 394 g/mol. The van der Waals surface area contributed by atoms with Gasteiger partial charge < -0.3 is 9.64 Å². The molecule has 5 rings (SSSR count). The molecule has 2 heterocycles. The first kappa shape index (κ1) is 20.0. The molecule has 0 radical (unpaired) electrons. The predicted molar refractivity (Wildman–Crippen MR) is 119 cm³/mol. The van der Waals surface area contributed by atoms with E-state index in [-0.39, 0.29) is 0 Å². The molecule has 2 fully saturated rings. The smallest absolute Gasteiger partial charge is 0.133 e. The van der Waals surface area contributed by atoms with Gasteiger partial charge in [0.15, 0.2) is 0 Å². The minimum absolute atomic E-state index is 0.440. The first-order valence-electron chi connectivity index (χ1n) is 10.8. The van der Waals surface area contributed by atoms with E-state index in [4.69, 9.17) is 4.74 Å². The number of anilines is 1. The van der Waals surface area contributed by atoms with Crippen molar-refractivity contribution in [3.8, 4) is 16.9 Å². The number of benzene rings is 3. The van der Waals surface area contributed by atoms with Crippen molar-refractivity contribution in [2.75, 3.05) is 25.1 Å². The highest BCUT2D eigenvalue weighted by Crippen LogP contribution is 2.35. The fourth-order valence-electron chi connectivity index (χ4n) is 5.02. The molecule has 5 heteroatoms. The van der Waals surface area contributed by atoms with Crippen molar-refractivity contribution in [2.24, 2.45) is 0 Å². The fourth-order valence-corrected chi connectivity index (χ4v) is 5.02. The van der Waals surface area contributed by atoms with Crippen LogP contribution in [0.4, 0.5) is 14.5 Å². The average Bonchev–Trinajstić information content (AvgIpc) is 3.01. The van der Waals surface area contributed by atoms with Gasteiger partial charge >= 0.3 is 0 Å². The maximum Gasteiger partial charge on any atom is 0.133 e. The third kappa shape index (κ3) is 4.02. The molecule has 0 N–H and O–H groups in total. The Kier molecular flexibility index (Phi) is 5.36. The molecule has 2 atom stereocenters. The van der Waals surface area contributed by atoms with Gasteiger partial charge in [-0.2, -0.15) is 0 Å². The van der Waals surface area contributed by atoms with Crippen molar-refractivity contribution in [1.82, 2.24) is 4.90 Å². The van der Waals surface area contributed by atoms with E-state index in [1.54, 1.807) is 7.11 Å². The van der Waals surface area contributed by atoms with Crippen molar-refractivity contribution in [3.05, 3.63) is 83.9 Å². The lowest BCUT2D eigenvalue weighted by Gasteiger charge is -2.42. The van der Waals surface area contributed by atoms with Gasteiger partial charge in [0.1, 0.15) is 17.4 Å². The summed E-state index contributed by atoms with van der Waals surface area (Å²) in [5.74, 6) is -0.197. The van der Waals surface area contributed by atoms with E-state index in [9.17, 15) is 8.78 Å². The molecule has 31 heavy (non-hydrogen) atoms. The second-order valence-electron chi connectivity index (χ2n) is 8.48. The minimum atomic E-state index is -0.552. The number of ether oxygens (including phenoxy) is 1. The largest absolute Gasteiger partial charge is 0.497 e. The van der Waals surface area contributed by atoms with Gasteiger partial charge in [0, 0.05) is 49.0 Å². The Labute approximate surface area is 181 Å². The quantitative estimate of drug-likeness (QED) is 0.543. The SMILES string of the molecule is COc1ccc(N2CC3CCC(C2)N3Cc2cccc(-c3ccc(F)cc3F)c2)cc1. The Morgan fingerprint density at radius 3 is 2.32 bits per heavy atom. The van der Waals surface area contributed by atoms with Crippen molar-refractivity contribution >= 4 is 5.69 Å². The fraction of sp³-hybridized carbons (Fsp3) is 0.308. The van der Waals surface area contributed by atoms with Crippen LogP contribution >= 0.6 is 0 Å². The molecule has 0 aromatic heterocycles. The second-order valence-corrected chi connectivity index (χ2v) is 8.48. The van der Waals surface area contributed by atoms with Crippen molar-refractivity contribution < 1.29 is 13.5 Å². The Bertz CT molecular complexity index is 1060. The van der Waals surface area contributed by atoms with E-state index in [1.807, 2.05) is 30.3 Å². The van der Waals surface area contributed by atoms with Gasteiger partial charge in [-0.1, -0.05) is 18.2 Å². The molecule has 0 saturated carbocycles. The number of hydrogen-bond donors (Lipinski definition) is 0. The number of piperazine rings is 1. The molecule has 2 unspecified atom stereocenters. The molecule has 160 valence electrons. The van der Waals surface area contributed by atoms with Gasteiger partial charge in [0.25, 0.3) is 0 Å². The molecule has 2 aliphatic rings. The first-order chi connectivity index (χ1) is 15.1. The number of halogens is 2. The van der Waals surface area contributed by atoms with Crippen molar-refractivity contribution in [3.63, 3.8) is 0 Å². The minimum Gasteiger partial charge on any atom is -0.497 e. The molecule has 0 amide bonds. The van der Waals surface area contributed by atoms with Crippen LogP contribution in [-0.4, -0.2) is 37.2 Å². The highest BCUT2D eigenvalue weighted by Gasteiger charge is 2.39. The van der Waals surface area contributed by atoms with Gasteiger partial charge in [0.2, 0.25) is 0 Å². The molecule has 0 spiro atoms. The van der Waals surface area contributed by atoms with Gasteiger partial charge in [-0.05, 0) is 66.4 Å². The predicted octanol–water partition coefficient (Wildman–Crippen LogP) is 5.49. The lowest BCUT2D eigenvalue weighted by molar-refractivity contribution is 0.160. The molecular formula is C26H26F2N2O. The maximum absolute atomic E-state index is 14.2. The second kappa shape index (κ2) is 8.31. The number of nitrogens with zero attached hydrogens (tertiary/aromatic N) is 2. The molecule has 3 aromatic carbocycles. The summed E-state index contributed by atoms with van der Waals surface area (Å²) < 4.78 is 32.8. The first-order valence-corrected chi connectivity index (χ1v) is 10.8. The summed E-state index contributed by atoms with van der Waals surface area (Å²) in [5, 5.41) is 0. The molecule has 2 bridgehead atoms. The summed E-state index contributed by atoms with van der Waals surface area (Å²) in [6, 6.07) is 21.1. The van der Waals surface area contributed by atoms with E-state index in [0.29, 0.717) is 17.6 Å². The summed E-state index contributed by atoms with van der Waals surface area (Å²) in [5.41, 5.74) is 3.64. The van der Waals surface area contributed by atoms with Gasteiger partial charge in [-0.3, -0.25) is 4.90 Å². The standard InChI is InChI=1S/C26H26F2N2O/c1-31-24-10-8-21(9-11-24)29-16-22-6-7-23(17-29)30(22)15-18-3-2-4-19(13-18)25-12-5-20(27)14-26(25)28/h2-5,8-14,22-23H,6-7,15-17H2,1H3. The average molecular weight is 421 g/mol. The Morgan fingerprint density at radius 2 is 1.65 bits per heavy atom. The molecule has 3 aromatic rings. The summed E-state index contributed by atoms with van der Waals surface area (Å²) in [7, 11) is 1.69. The van der Waals surface area contributed by atoms with Crippen LogP contribution < -0.4 is 9.64 Å². The molecule has 2 aliphatic heterocycles. The van der Waals surface area contributed by atoms with Gasteiger partial charge in [-0.25, -0.2) is 8.78 Å². The monoisotopic (exact) mass is 420 g/mol. The van der Waals surface area contributed by atoms with Crippen LogP contribution in [0.15, 0.2) is 66.7 Å². The van der Waals surface area contributed by atoms with Crippen LogP contribution in [0.1, 0.15) is 18.4 Å². The van der Waals surface area contributed by atoms with Crippen LogP contribution in [0.3, 0.4) is 0 Å². The third-order valence-corrected chi connectivity index (χ3v) is 6.61. The van der Waals surface area contributed by atoms with Crippen LogP contribution in [0.5, 0.6) is 5.75 Å². The van der Waals surface area contributed by atoms with Gasteiger partial charge in [-0.15, -0.1) is 0 Å². The normalized spacial score (nSPS) is 20.8. The van der Waals surface area contributed by atoms with E-state index in [2.05, 4.69) is 28.0 Å². The van der Waals surface area contributed by atoms with Crippen molar-refractivity contribution in [2.45, 2.75) is 31.5 Å². The topological polar surface area (TPSA) is 15.7 Å². The Morgan fingerprint density at radius 1 is 0.903 bits per heavy atom. The van der Waals surface area contributed by atoms with Crippen LogP contribution in [0, 0.1) is 11.6 Å². The summed E-state index contributed by atoms with van der Waals surface area (Å²) in [6.45, 7) is 2.87. The number of methoxy groups -OCH3 is 1. The van der Waals surface area contributed by atoms with E-state index in [0.717, 1.165) is 42.6 Å². The zero-order valence-corrected chi connectivity index (χ0v) is 17.6. The van der Waals surface area contributed by atoms with Gasteiger partial charge in [0.05, 0.1) is 7.11 Å². The van der Waals surface area contributed by atoms with E-state index in [1.165, 1.54) is 30.7 Å². The maximum atomic E-state index is 14.2. The summed E-state index contributed by atoms with van der Waals surface area (Å²) in [6.07, 6.45) is 2.40. The van der Waals surface area contributed by atoms with Crippen LogP contribution in [0.2, 0.25) is 0 Å². The molecule has 0 aliphatic carbocycles. The lowest BCUT2D eigenvalue weighted by Crippen LogP contribution is -2.53. The van der Waals surface area contributed by atoms with Crippen molar-refractivity contribution in [1.29, 1.82) is 0 Å². The molecule has 3 nitrogen and oxygen atoms in total. The van der Waals surface area contributed by atoms with E-state index < -0.39 is 11.6 Å². The Hall–Kier alpha value is -2.92.